The van der Waals surface area contributed by atoms with Crippen molar-refractivity contribution in [3.63, 3.8) is 0 Å². The summed E-state index contributed by atoms with van der Waals surface area (Å²) in [5.74, 6) is 1.17. The Bertz CT molecular complexity index is 1150. The molecule has 0 aliphatic carbocycles. The Kier molecular flexibility index (Phi) is 7.69. The molecule has 0 atom stereocenters. The fourth-order valence-corrected chi connectivity index (χ4v) is 6.64. The molecule has 0 radical (unpaired) electrons. The predicted molar refractivity (Wildman–Crippen MR) is 124 cm³/mol. The lowest BCUT2D eigenvalue weighted by molar-refractivity contribution is 0.584. The zero-order valence-electron chi connectivity index (χ0n) is 15.7. The molecule has 0 aliphatic heterocycles. The summed E-state index contributed by atoms with van der Waals surface area (Å²) in [5, 5.41) is 1.21. The molecular weight excluding hydrogens is 471 g/mol. The van der Waals surface area contributed by atoms with Gasteiger partial charge in [-0.1, -0.05) is 47.5 Å². The Morgan fingerprint density at radius 1 is 1.17 bits per heavy atom. The van der Waals surface area contributed by atoms with Crippen LogP contribution >= 0.6 is 46.3 Å². The number of thiazole rings is 1. The van der Waals surface area contributed by atoms with Crippen LogP contribution in [0.4, 0.5) is 0 Å². The molecule has 0 saturated carbocycles. The third-order valence-electron chi connectivity index (χ3n) is 4.24. The SMILES string of the molecule is CCCn1c(=O)sc2cc(S(=O)(=O)NCCSCc3c(Cl)cccc3Cl)ccc21. The summed E-state index contributed by atoms with van der Waals surface area (Å²) >= 11 is 14.9. The van der Waals surface area contributed by atoms with Crippen LogP contribution in [0.5, 0.6) is 0 Å². The zero-order valence-corrected chi connectivity index (χ0v) is 19.6. The maximum absolute atomic E-state index is 12.6. The van der Waals surface area contributed by atoms with Crippen LogP contribution in [0.3, 0.4) is 0 Å². The van der Waals surface area contributed by atoms with Crippen molar-refractivity contribution in [2.24, 2.45) is 0 Å². The van der Waals surface area contributed by atoms with Gasteiger partial charge in [-0.2, -0.15) is 11.8 Å². The molecule has 29 heavy (non-hydrogen) atoms. The van der Waals surface area contributed by atoms with E-state index in [9.17, 15) is 13.2 Å². The molecule has 3 aromatic rings. The van der Waals surface area contributed by atoms with E-state index in [1.165, 1.54) is 0 Å². The third kappa shape index (κ3) is 5.37. The highest BCUT2D eigenvalue weighted by Crippen LogP contribution is 2.28. The highest BCUT2D eigenvalue weighted by Gasteiger charge is 2.16. The Labute approximate surface area is 188 Å². The number of nitrogens with zero attached hydrogens (tertiary/aromatic N) is 1. The average Bonchev–Trinajstić information content (AvgIpc) is 2.98. The molecule has 0 fully saturated rings. The predicted octanol–water partition coefficient (Wildman–Crippen LogP) is 4.99. The van der Waals surface area contributed by atoms with Crippen LogP contribution < -0.4 is 9.60 Å². The van der Waals surface area contributed by atoms with Crippen LogP contribution in [0.25, 0.3) is 10.2 Å². The van der Waals surface area contributed by atoms with E-state index >= 15 is 0 Å². The van der Waals surface area contributed by atoms with Crippen molar-refractivity contribution in [2.75, 3.05) is 12.3 Å². The fraction of sp³-hybridized carbons (Fsp3) is 0.316. The first-order chi connectivity index (χ1) is 13.8. The van der Waals surface area contributed by atoms with Crippen LogP contribution in [-0.4, -0.2) is 25.3 Å². The standard InChI is InChI=1S/C19H20Cl2N2O3S3/c1-2-9-23-17-7-6-13(11-18(17)28-19(23)24)29(25,26)22-8-10-27-12-14-15(20)4-3-5-16(14)21/h3-7,11,22H,2,8-10,12H2,1H3. The second-order valence-electron chi connectivity index (χ2n) is 6.30. The summed E-state index contributed by atoms with van der Waals surface area (Å²) in [6.45, 7) is 2.90. The van der Waals surface area contributed by atoms with Crippen LogP contribution in [-0.2, 0) is 22.3 Å². The van der Waals surface area contributed by atoms with E-state index in [0.717, 1.165) is 28.8 Å². The molecule has 1 aromatic heterocycles. The largest absolute Gasteiger partial charge is 0.308 e. The zero-order chi connectivity index (χ0) is 21.0. The minimum atomic E-state index is -3.65. The number of aryl methyl sites for hydroxylation is 1. The lowest BCUT2D eigenvalue weighted by Gasteiger charge is -2.09. The van der Waals surface area contributed by atoms with Gasteiger partial charge in [-0.15, -0.1) is 0 Å². The summed E-state index contributed by atoms with van der Waals surface area (Å²) in [6, 6.07) is 10.2. The van der Waals surface area contributed by atoms with Crippen molar-refractivity contribution in [3.05, 3.63) is 61.7 Å². The topological polar surface area (TPSA) is 68.2 Å². The first-order valence-electron chi connectivity index (χ1n) is 8.97. The van der Waals surface area contributed by atoms with Gasteiger partial charge in [0.05, 0.1) is 15.1 Å². The molecule has 0 saturated heterocycles. The monoisotopic (exact) mass is 490 g/mol. The Morgan fingerprint density at radius 3 is 2.59 bits per heavy atom. The lowest BCUT2D eigenvalue weighted by Crippen LogP contribution is -2.26. The van der Waals surface area contributed by atoms with Gasteiger partial charge in [0.2, 0.25) is 10.0 Å². The number of sulfonamides is 1. The van der Waals surface area contributed by atoms with Crippen molar-refractivity contribution >= 4 is 66.5 Å². The number of thioether (sulfide) groups is 1. The number of fused-ring (bicyclic) bond motifs is 1. The van der Waals surface area contributed by atoms with Gasteiger partial charge in [0.15, 0.2) is 0 Å². The summed E-state index contributed by atoms with van der Waals surface area (Å²) in [6.07, 6.45) is 0.838. The quantitative estimate of drug-likeness (QED) is 0.428. The van der Waals surface area contributed by atoms with Crippen molar-refractivity contribution < 1.29 is 8.42 Å². The number of nitrogens with one attached hydrogen (secondary N) is 1. The molecule has 1 heterocycles. The minimum absolute atomic E-state index is 0.0704. The molecule has 0 amide bonds. The normalized spacial score (nSPS) is 12.0. The third-order valence-corrected chi connectivity index (χ3v) is 8.34. The van der Waals surface area contributed by atoms with Gasteiger partial charge in [0.25, 0.3) is 0 Å². The van der Waals surface area contributed by atoms with E-state index in [0.29, 0.717) is 32.8 Å². The van der Waals surface area contributed by atoms with Gasteiger partial charge in [0.1, 0.15) is 0 Å². The molecule has 156 valence electrons. The summed E-state index contributed by atoms with van der Waals surface area (Å²) in [4.78, 5) is 12.2. The van der Waals surface area contributed by atoms with Crippen LogP contribution in [0.15, 0.2) is 46.1 Å². The molecule has 1 N–H and O–H groups in total. The number of halogens is 2. The first kappa shape index (κ1) is 22.7. The van der Waals surface area contributed by atoms with Gasteiger partial charge < -0.3 is 0 Å². The van der Waals surface area contributed by atoms with Gasteiger partial charge >= 0.3 is 4.87 Å². The molecule has 0 bridgehead atoms. The Morgan fingerprint density at radius 2 is 1.90 bits per heavy atom. The van der Waals surface area contributed by atoms with Crippen molar-refractivity contribution in [2.45, 2.75) is 30.5 Å². The van der Waals surface area contributed by atoms with E-state index in [2.05, 4.69) is 4.72 Å². The second kappa shape index (κ2) is 9.85. The summed E-state index contributed by atoms with van der Waals surface area (Å²) in [7, 11) is -3.65. The molecule has 3 rings (SSSR count). The summed E-state index contributed by atoms with van der Waals surface area (Å²) in [5.41, 5.74) is 1.62. The minimum Gasteiger partial charge on any atom is -0.299 e. The highest BCUT2D eigenvalue weighted by molar-refractivity contribution is 7.98. The number of aromatic nitrogens is 1. The lowest BCUT2D eigenvalue weighted by atomic mass is 10.2. The van der Waals surface area contributed by atoms with E-state index in [-0.39, 0.29) is 16.3 Å². The van der Waals surface area contributed by atoms with Crippen molar-refractivity contribution in [1.29, 1.82) is 0 Å². The highest BCUT2D eigenvalue weighted by atomic mass is 35.5. The average molecular weight is 491 g/mol. The molecule has 0 unspecified atom stereocenters. The van der Waals surface area contributed by atoms with Gasteiger partial charge in [0, 0.05) is 34.6 Å². The number of hydrogen-bond acceptors (Lipinski definition) is 5. The van der Waals surface area contributed by atoms with Crippen LogP contribution in [0, 0.1) is 0 Å². The maximum atomic E-state index is 12.6. The van der Waals surface area contributed by atoms with E-state index < -0.39 is 10.0 Å². The number of hydrogen-bond donors (Lipinski definition) is 1. The maximum Gasteiger partial charge on any atom is 0.308 e. The van der Waals surface area contributed by atoms with Crippen LogP contribution in [0.2, 0.25) is 10.0 Å². The van der Waals surface area contributed by atoms with Gasteiger partial charge in [-0.3, -0.25) is 9.36 Å². The molecule has 0 aliphatic rings. The van der Waals surface area contributed by atoms with Crippen molar-refractivity contribution in [1.82, 2.24) is 9.29 Å². The van der Waals surface area contributed by atoms with E-state index in [1.807, 2.05) is 6.92 Å². The van der Waals surface area contributed by atoms with E-state index in [4.69, 9.17) is 23.2 Å². The molecule has 5 nitrogen and oxygen atoms in total. The smallest absolute Gasteiger partial charge is 0.299 e. The molecule has 2 aromatic carbocycles. The fourth-order valence-electron chi connectivity index (χ4n) is 2.83. The van der Waals surface area contributed by atoms with Crippen LogP contribution in [0.1, 0.15) is 18.9 Å². The second-order valence-corrected chi connectivity index (χ2v) is 11.0. The molecule has 0 spiro atoms. The number of benzene rings is 2. The Hall–Kier alpha value is -1.03. The van der Waals surface area contributed by atoms with E-state index in [1.54, 1.807) is 52.7 Å². The molecule has 10 heteroatoms. The Balaban J connectivity index is 1.61. The first-order valence-corrected chi connectivity index (χ1v) is 13.2. The van der Waals surface area contributed by atoms with Crippen molar-refractivity contribution in [3.8, 4) is 0 Å². The van der Waals surface area contributed by atoms with Gasteiger partial charge in [-0.05, 0) is 42.3 Å². The van der Waals surface area contributed by atoms with Gasteiger partial charge in [-0.25, -0.2) is 13.1 Å². The molecular formula is C19H20Cl2N2O3S3. The number of rotatable bonds is 9. The summed E-state index contributed by atoms with van der Waals surface area (Å²) < 4.78 is 30.1.